The van der Waals surface area contributed by atoms with Crippen molar-refractivity contribution in [3.63, 3.8) is 0 Å². The molecule has 2 aromatic rings. The van der Waals surface area contributed by atoms with Crippen molar-refractivity contribution >= 4 is 23.5 Å². The first-order chi connectivity index (χ1) is 9.62. The Morgan fingerprint density at radius 1 is 0.950 bits per heavy atom. The number of benzene rings is 2. The number of azo groups is 1. The Morgan fingerprint density at radius 2 is 1.70 bits per heavy atom. The van der Waals surface area contributed by atoms with Crippen LogP contribution >= 0.6 is 0 Å². The van der Waals surface area contributed by atoms with E-state index in [1.54, 1.807) is 0 Å². The van der Waals surface area contributed by atoms with Gasteiger partial charge < -0.3 is 0 Å². The van der Waals surface area contributed by atoms with E-state index in [9.17, 15) is 0 Å². The summed E-state index contributed by atoms with van der Waals surface area (Å²) in [5, 5.41) is 10.9. The van der Waals surface area contributed by atoms with Gasteiger partial charge in [-0.15, -0.1) is 0 Å². The summed E-state index contributed by atoms with van der Waals surface area (Å²) in [6, 6.07) is 15.9. The molecule has 0 bridgehead atoms. The summed E-state index contributed by atoms with van der Waals surface area (Å²) < 4.78 is 0. The molecule has 99 valence electrons. The van der Waals surface area contributed by atoms with Crippen molar-refractivity contribution in [1.82, 2.24) is 0 Å². The minimum Gasteiger partial charge on any atom is -0.151 e. The van der Waals surface area contributed by atoms with Crippen LogP contribution in [0.15, 0.2) is 58.8 Å². The molecular weight excluding hydrogens is 244 g/mol. The zero-order chi connectivity index (χ0) is 14.0. The van der Waals surface area contributed by atoms with Crippen molar-refractivity contribution in [2.24, 2.45) is 15.6 Å². The van der Waals surface area contributed by atoms with E-state index in [4.69, 9.17) is 0 Å². The molecule has 2 heteroatoms. The van der Waals surface area contributed by atoms with Crippen molar-refractivity contribution < 1.29 is 0 Å². The van der Waals surface area contributed by atoms with Crippen LogP contribution in [0.25, 0.3) is 12.2 Å². The first kappa shape index (κ1) is 12.8. The van der Waals surface area contributed by atoms with Gasteiger partial charge in [-0.25, -0.2) is 0 Å². The highest BCUT2D eigenvalue weighted by molar-refractivity contribution is 5.49. The predicted octanol–water partition coefficient (Wildman–Crippen LogP) is 3.97. The van der Waals surface area contributed by atoms with Crippen LogP contribution in [0.5, 0.6) is 0 Å². The van der Waals surface area contributed by atoms with Gasteiger partial charge >= 0.3 is 0 Å². The van der Waals surface area contributed by atoms with Crippen LogP contribution in [-0.2, 0) is 0 Å². The highest BCUT2D eigenvalue weighted by Gasteiger charge is 2.15. The zero-order valence-electron chi connectivity index (χ0n) is 11.8. The molecule has 2 nitrogen and oxygen atoms in total. The fraction of sp³-hybridized carbons (Fsp3) is 0.222. The van der Waals surface area contributed by atoms with Crippen molar-refractivity contribution in [3.8, 4) is 0 Å². The summed E-state index contributed by atoms with van der Waals surface area (Å²) in [7, 11) is 0. The summed E-state index contributed by atoms with van der Waals surface area (Å²) in [6.45, 7) is 4.41. The minimum atomic E-state index is 0.125. The van der Waals surface area contributed by atoms with Gasteiger partial charge in [0.25, 0.3) is 0 Å². The summed E-state index contributed by atoms with van der Waals surface area (Å²) in [4.78, 5) is 0. The van der Waals surface area contributed by atoms with Crippen molar-refractivity contribution in [2.45, 2.75) is 20.3 Å². The normalized spacial score (nSPS) is 16.3. The lowest BCUT2D eigenvalue weighted by molar-refractivity contribution is 0.534. The largest absolute Gasteiger partial charge is 0.151 e. The molecule has 0 saturated carbocycles. The van der Waals surface area contributed by atoms with Crippen molar-refractivity contribution in [1.29, 1.82) is 0 Å². The SMILES string of the molecule is CC1(C)[C]=c2ccc(N=Nc3ccccc3)cc2=CC1. The Labute approximate surface area is 119 Å². The molecule has 0 unspecified atom stereocenters. The second-order valence-corrected chi connectivity index (χ2v) is 5.72. The molecular formula is C18H17N2. The highest BCUT2D eigenvalue weighted by Crippen LogP contribution is 2.24. The summed E-state index contributed by atoms with van der Waals surface area (Å²) in [5.41, 5.74) is 1.87. The van der Waals surface area contributed by atoms with Crippen LogP contribution in [0.3, 0.4) is 0 Å². The van der Waals surface area contributed by atoms with Crippen molar-refractivity contribution in [2.75, 3.05) is 0 Å². The predicted molar refractivity (Wildman–Crippen MR) is 82.6 cm³/mol. The van der Waals surface area contributed by atoms with E-state index in [1.165, 1.54) is 10.4 Å². The summed E-state index contributed by atoms with van der Waals surface area (Å²) in [6.07, 6.45) is 6.80. The van der Waals surface area contributed by atoms with Crippen LogP contribution in [0.4, 0.5) is 11.4 Å². The molecule has 0 N–H and O–H groups in total. The quantitative estimate of drug-likeness (QED) is 0.731. The fourth-order valence-corrected chi connectivity index (χ4v) is 2.29. The topological polar surface area (TPSA) is 24.7 Å². The standard InChI is InChI=1S/C18H17N2/c1-18(2)11-10-14-12-17(9-8-15(14)13-18)20-19-16-6-4-3-5-7-16/h3-10,12H,11H2,1-2H3. The van der Waals surface area contributed by atoms with Gasteiger partial charge in [-0.3, -0.25) is 0 Å². The minimum absolute atomic E-state index is 0.125. The van der Waals surface area contributed by atoms with Gasteiger partial charge in [0.1, 0.15) is 0 Å². The molecule has 1 aliphatic carbocycles. The van der Waals surface area contributed by atoms with Crippen LogP contribution in [0.1, 0.15) is 20.3 Å². The van der Waals surface area contributed by atoms with Gasteiger partial charge in [-0.2, -0.15) is 10.2 Å². The van der Waals surface area contributed by atoms with Gasteiger partial charge in [-0.05, 0) is 52.6 Å². The number of hydrogen-bond donors (Lipinski definition) is 0. The first-order valence-electron chi connectivity index (χ1n) is 6.85. The van der Waals surface area contributed by atoms with Gasteiger partial charge in [-0.1, -0.05) is 44.2 Å². The number of fused-ring (bicyclic) bond motifs is 1. The van der Waals surface area contributed by atoms with Crippen molar-refractivity contribution in [3.05, 3.63) is 59.0 Å². The Kier molecular flexibility index (Phi) is 3.23. The number of hydrogen-bond acceptors (Lipinski definition) is 2. The Balaban J connectivity index is 1.93. The molecule has 2 aromatic carbocycles. The molecule has 1 aliphatic rings. The molecule has 0 atom stereocenters. The lowest BCUT2D eigenvalue weighted by Crippen LogP contribution is -2.31. The molecule has 0 amide bonds. The third-order valence-corrected chi connectivity index (χ3v) is 3.38. The lowest BCUT2D eigenvalue weighted by Gasteiger charge is -2.20. The van der Waals surface area contributed by atoms with Gasteiger partial charge in [0.2, 0.25) is 0 Å². The maximum absolute atomic E-state index is 4.30. The molecule has 0 spiro atoms. The van der Waals surface area contributed by atoms with E-state index < -0.39 is 0 Å². The Bertz CT molecular complexity index is 756. The van der Waals surface area contributed by atoms with Crippen LogP contribution in [0.2, 0.25) is 0 Å². The Hall–Kier alpha value is -2.22. The molecule has 3 rings (SSSR count). The highest BCUT2D eigenvalue weighted by atomic mass is 15.1. The average Bonchev–Trinajstić information content (AvgIpc) is 2.45. The third-order valence-electron chi connectivity index (χ3n) is 3.38. The molecule has 0 saturated heterocycles. The molecule has 0 fully saturated rings. The second kappa shape index (κ2) is 5.04. The molecule has 0 aromatic heterocycles. The lowest BCUT2D eigenvalue weighted by atomic mass is 9.84. The summed E-state index contributed by atoms with van der Waals surface area (Å²) >= 11 is 0. The average molecular weight is 261 g/mol. The van der Waals surface area contributed by atoms with E-state index >= 15 is 0 Å². The number of rotatable bonds is 2. The van der Waals surface area contributed by atoms with Gasteiger partial charge in [0, 0.05) is 0 Å². The van der Waals surface area contributed by atoms with Crippen LogP contribution in [-0.4, -0.2) is 0 Å². The van der Waals surface area contributed by atoms with E-state index in [2.05, 4.69) is 48.4 Å². The van der Waals surface area contributed by atoms with E-state index in [1.807, 2.05) is 36.4 Å². The fourth-order valence-electron chi connectivity index (χ4n) is 2.29. The third kappa shape index (κ3) is 2.85. The smallest absolute Gasteiger partial charge is 0.0863 e. The van der Waals surface area contributed by atoms with Crippen LogP contribution in [0, 0.1) is 5.41 Å². The molecule has 0 heterocycles. The monoisotopic (exact) mass is 261 g/mol. The van der Waals surface area contributed by atoms with Gasteiger partial charge in [0.05, 0.1) is 11.4 Å². The maximum Gasteiger partial charge on any atom is 0.0863 e. The molecule has 20 heavy (non-hydrogen) atoms. The van der Waals surface area contributed by atoms with Gasteiger partial charge in [0.15, 0.2) is 0 Å². The second-order valence-electron chi connectivity index (χ2n) is 5.72. The van der Waals surface area contributed by atoms with E-state index in [0.29, 0.717) is 0 Å². The number of nitrogens with zero attached hydrogens (tertiary/aromatic N) is 2. The maximum atomic E-state index is 4.30. The zero-order valence-corrected chi connectivity index (χ0v) is 11.8. The van der Waals surface area contributed by atoms with E-state index in [0.717, 1.165) is 17.8 Å². The molecule has 0 aliphatic heterocycles. The van der Waals surface area contributed by atoms with Crippen LogP contribution < -0.4 is 10.4 Å². The first-order valence-corrected chi connectivity index (χ1v) is 6.85. The summed E-state index contributed by atoms with van der Waals surface area (Å²) in [5.74, 6) is 0. The Morgan fingerprint density at radius 3 is 2.50 bits per heavy atom. The van der Waals surface area contributed by atoms with E-state index in [-0.39, 0.29) is 5.41 Å². The molecule has 1 radical (unpaired) electrons.